The molecule has 0 aliphatic carbocycles. The summed E-state index contributed by atoms with van der Waals surface area (Å²) in [7, 11) is 3.52. The van der Waals surface area contributed by atoms with Crippen LogP contribution in [0.4, 0.5) is 0 Å². The molecule has 2 aromatic carbocycles. The van der Waals surface area contributed by atoms with Gasteiger partial charge in [-0.15, -0.1) is 0 Å². The summed E-state index contributed by atoms with van der Waals surface area (Å²) in [4.78, 5) is 4.42. The average Bonchev–Trinajstić information content (AvgIpc) is 2.77. The predicted octanol–water partition coefficient (Wildman–Crippen LogP) is 3.46. The van der Waals surface area contributed by atoms with E-state index < -0.39 is 0 Å². The van der Waals surface area contributed by atoms with E-state index in [-0.39, 0.29) is 5.41 Å². The Morgan fingerprint density at radius 2 is 1.79 bits per heavy atom. The van der Waals surface area contributed by atoms with Crippen molar-refractivity contribution in [3.8, 4) is 5.75 Å². The minimum Gasteiger partial charge on any atom is -0.497 e. The van der Waals surface area contributed by atoms with Gasteiger partial charge < -0.3 is 20.1 Å². The molecule has 0 saturated carbocycles. The van der Waals surface area contributed by atoms with Gasteiger partial charge in [0.1, 0.15) is 5.75 Å². The van der Waals surface area contributed by atoms with Crippen LogP contribution >= 0.6 is 0 Å². The quantitative estimate of drug-likeness (QED) is 0.557. The number of nitrogens with one attached hydrogen (secondary N) is 2. The van der Waals surface area contributed by atoms with Crippen LogP contribution in [0.25, 0.3) is 0 Å². The fraction of sp³-hybridized carbons (Fsp3) is 0.458. The van der Waals surface area contributed by atoms with E-state index in [4.69, 9.17) is 9.47 Å². The third-order valence-corrected chi connectivity index (χ3v) is 5.85. The van der Waals surface area contributed by atoms with Gasteiger partial charge in [0.05, 0.1) is 7.11 Å². The maximum atomic E-state index is 5.67. The highest BCUT2D eigenvalue weighted by atomic mass is 16.5. The number of aliphatic imine (C=N–C) groups is 1. The molecular weight excluding hydrogens is 362 g/mol. The van der Waals surface area contributed by atoms with Gasteiger partial charge in [0.15, 0.2) is 5.96 Å². The minimum absolute atomic E-state index is 0.0806. The van der Waals surface area contributed by atoms with E-state index in [1.165, 1.54) is 16.7 Å². The highest BCUT2D eigenvalue weighted by Gasteiger charge is 2.35. The Labute approximate surface area is 174 Å². The van der Waals surface area contributed by atoms with Gasteiger partial charge in [0, 0.05) is 38.8 Å². The Balaban J connectivity index is 1.58. The maximum Gasteiger partial charge on any atom is 0.191 e. The van der Waals surface area contributed by atoms with Crippen LogP contribution in [0.2, 0.25) is 0 Å². The number of rotatable bonds is 7. The zero-order chi connectivity index (χ0) is 20.5. The molecule has 156 valence electrons. The zero-order valence-corrected chi connectivity index (χ0v) is 17.8. The topological polar surface area (TPSA) is 54.9 Å². The normalized spacial score (nSPS) is 16.3. The molecule has 0 radical (unpaired) electrons. The molecule has 1 saturated heterocycles. The van der Waals surface area contributed by atoms with Crippen LogP contribution in [0.15, 0.2) is 53.5 Å². The van der Waals surface area contributed by atoms with Gasteiger partial charge in [-0.1, -0.05) is 36.4 Å². The Morgan fingerprint density at radius 3 is 2.45 bits per heavy atom. The molecule has 1 heterocycles. The van der Waals surface area contributed by atoms with Crippen molar-refractivity contribution < 1.29 is 9.47 Å². The summed E-state index contributed by atoms with van der Waals surface area (Å²) in [6, 6.07) is 16.9. The van der Waals surface area contributed by atoms with Gasteiger partial charge >= 0.3 is 0 Å². The van der Waals surface area contributed by atoms with E-state index in [2.05, 4.69) is 58.9 Å². The van der Waals surface area contributed by atoms with E-state index in [0.29, 0.717) is 0 Å². The van der Waals surface area contributed by atoms with Crippen LogP contribution < -0.4 is 15.4 Å². The van der Waals surface area contributed by atoms with E-state index in [1.54, 1.807) is 7.11 Å². The smallest absolute Gasteiger partial charge is 0.191 e. The number of hydrogen-bond donors (Lipinski definition) is 2. The first-order chi connectivity index (χ1) is 14.2. The van der Waals surface area contributed by atoms with Crippen molar-refractivity contribution in [1.82, 2.24) is 10.6 Å². The molecular formula is C24H33N3O2. The van der Waals surface area contributed by atoms with E-state index >= 15 is 0 Å². The number of hydrogen-bond acceptors (Lipinski definition) is 3. The van der Waals surface area contributed by atoms with Crippen LogP contribution in [-0.2, 0) is 16.6 Å². The van der Waals surface area contributed by atoms with Crippen LogP contribution in [0.3, 0.4) is 0 Å². The Hall–Kier alpha value is -2.53. The zero-order valence-electron chi connectivity index (χ0n) is 17.8. The largest absolute Gasteiger partial charge is 0.497 e. The van der Waals surface area contributed by atoms with Crippen molar-refractivity contribution in [2.24, 2.45) is 4.99 Å². The fourth-order valence-corrected chi connectivity index (χ4v) is 4.06. The van der Waals surface area contributed by atoms with Crippen molar-refractivity contribution in [3.05, 3.63) is 65.2 Å². The second-order valence-electron chi connectivity index (χ2n) is 7.66. The summed E-state index contributed by atoms with van der Waals surface area (Å²) in [5.74, 6) is 1.73. The highest BCUT2D eigenvalue weighted by molar-refractivity contribution is 5.79. The van der Waals surface area contributed by atoms with Crippen molar-refractivity contribution >= 4 is 5.96 Å². The van der Waals surface area contributed by atoms with E-state index in [9.17, 15) is 0 Å². The standard InChI is InChI=1S/C24H33N3O2/c1-19-6-4-5-7-22(19)24(13-16-29-17-14-24)18-27-23(25-2)26-15-12-20-8-10-21(28-3)11-9-20/h4-11H,12-18H2,1-3H3,(H2,25,26,27). The number of aryl methyl sites for hydroxylation is 1. The lowest BCUT2D eigenvalue weighted by atomic mass is 9.72. The van der Waals surface area contributed by atoms with E-state index in [1.807, 2.05) is 19.2 Å². The molecule has 2 N–H and O–H groups in total. The van der Waals surface area contributed by atoms with Crippen molar-refractivity contribution in [1.29, 1.82) is 0 Å². The SMILES string of the molecule is CN=C(NCCc1ccc(OC)cc1)NCC1(c2ccccc2C)CCOCC1. The number of methoxy groups -OCH3 is 1. The second kappa shape index (κ2) is 10.3. The molecule has 5 nitrogen and oxygen atoms in total. The van der Waals surface area contributed by atoms with Crippen LogP contribution in [0.1, 0.15) is 29.5 Å². The first kappa shape index (κ1) is 21.2. The maximum absolute atomic E-state index is 5.67. The predicted molar refractivity (Wildman–Crippen MR) is 119 cm³/mol. The molecule has 0 spiro atoms. The third kappa shape index (κ3) is 5.51. The molecule has 0 aromatic heterocycles. The number of ether oxygens (including phenoxy) is 2. The van der Waals surface area contributed by atoms with Crippen LogP contribution in [0, 0.1) is 6.92 Å². The Kier molecular flexibility index (Phi) is 7.53. The molecule has 1 aliphatic heterocycles. The molecule has 0 unspecified atom stereocenters. The molecule has 2 aromatic rings. The summed E-state index contributed by atoms with van der Waals surface area (Å²) in [5.41, 5.74) is 4.12. The molecule has 0 atom stereocenters. The Bertz CT molecular complexity index is 796. The first-order valence-corrected chi connectivity index (χ1v) is 10.4. The number of guanidine groups is 1. The molecule has 1 aliphatic rings. The summed E-state index contributed by atoms with van der Waals surface area (Å²) in [5, 5.41) is 7.02. The van der Waals surface area contributed by atoms with E-state index in [0.717, 1.165) is 57.3 Å². The number of benzene rings is 2. The molecule has 5 heteroatoms. The van der Waals surface area contributed by atoms with Crippen LogP contribution in [-0.4, -0.2) is 46.4 Å². The van der Waals surface area contributed by atoms with Gasteiger partial charge in [-0.2, -0.15) is 0 Å². The minimum atomic E-state index is 0.0806. The average molecular weight is 396 g/mol. The summed E-state index contributed by atoms with van der Waals surface area (Å²) in [6.07, 6.45) is 2.98. The lowest BCUT2D eigenvalue weighted by Crippen LogP contribution is -2.48. The van der Waals surface area contributed by atoms with Gasteiger partial charge in [-0.25, -0.2) is 0 Å². The molecule has 1 fully saturated rings. The van der Waals surface area contributed by atoms with Crippen molar-refractivity contribution in [2.75, 3.05) is 40.5 Å². The van der Waals surface area contributed by atoms with Gasteiger partial charge in [-0.05, 0) is 55.0 Å². The van der Waals surface area contributed by atoms with Gasteiger partial charge in [0.25, 0.3) is 0 Å². The fourth-order valence-electron chi connectivity index (χ4n) is 4.06. The molecule has 0 bridgehead atoms. The summed E-state index contributed by atoms with van der Waals surface area (Å²) in [6.45, 7) is 5.49. The van der Waals surface area contributed by atoms with Crippen molar-refractivity contribution in [2.45, 2.75) is 31.6 Å². The molecule has 3 rings (SSSR count). The van der Waals surface area contributed by atoms with Gasteiger partial charge in [0.2, 0.25) is 0 Å². The summed E-state index contributed by atoms with van der Waals surface area (Å²) >= 11 is 0. The van der Waals surface area contributed by atoms with Crippen molar-refractivity contribution in [3.63, 3.8) is 0 Å². The van der Waals surface area contributed by atoms with Crippen LogP contribution in [0.5, 0.6) is 5.75 Å². The molecule has 29 heavy (non-hydrogen) atoms. The Morgan fingerprint density at radius 1 is 1.07 bits per heavy atom. The first-order valence-electron chi connectivity index (χ1n) is 10.4. The lowest BCUT2D eigenvalue weighted by molar-refractivity contribution is 0.0512. The highest BCUT2D eigenvalue weighted by Crippen LogP contribution is 2.36. The molecule has 0 amide bonds. The van der Waals surface area contributed by atoms with Gasteiger partial charge in [-0.3, -0.25) is 4.99 Å². The third-order valence-electron chi connectivity index (χ3n) is 5.85. The summed E-state index contributed by atoms with van der Waals surface area (Å²) < 4.78 is 10.9. The number of nitrogens with zero attached hydrogens (tertiary/aromatic N) is 1. The second-order valence-corrected chi connectivity index (χ2v) is 7.66. The monoisotopic (exact) mass is 395 g/mol. The lowest BCUT2D eigenvalue weighted by Gasteiger charge is -2.39.